The van der Waals surface area contributed by atoms with Crippen LogP contribution in [0.2, 0.25) is 0 Å². The van der Waals surface area contributed by atoms with E-state index in [0.29, 0.717) is 25.1 Å². The number of amides is 3. The maximum absolute atomic E-state index is 13.7. The van der Waals surface area contributed by atoms with Gasteiger partial charge in [0, 0.05) is 13.1 Å². The van der Waals surface area contributed by atoms with E-state index in [1.807, 2.05) is 18.2 Å². The summed E-state index contributed by atoms with van der Waals surface area (Å²) in [5.41, 5.74) is 0.696. The highest BCUT2D eigenvalue weighted by Crippen LogP contribution is 2.25. The zero-order chi connectivity index (χ0) is 27.1. The Labute approximate surface area is 216 Å². The van der Waals surface area contributed by atoms with Gasteiger partial charge in [-0.1, -0.05) is 70.4 Å². The van der Waals surface area contributed by atoms with E-state index in [1.54, 1.807) is 32.9 Å². The standard InChI is InChI=1S/C28H45N3O5/c1-7-10-12-17-29-25(33)24(22-16-14-15-21(9-3)19-22)31(18-13-11-8-2)26(34)23(20-32)30-27(35)36-28(4,5)6/h9,14-16,19,23-24,32H,3,7-8,10-13,17-18,20H2,1-2,4-6H3,(H,29,33)(H,30,35). The van der Waals surface area contributed by atoms with Crippen LogP contribution in [0.15, 0.2) is 30.8 Å². The van der Waals surface area contributed by atoms with Crippen molar-refractivity contribution in [3.63, 3.8) is 0 Å². The molecule has 0 bridgehead atoms. The minimum atomic E-state index is -1.25. The summed E-state index contributed by atoms with van der Waals surface area (Å²) in [6, 6.07) is 5.15. The average Bonchev–Trinajstić information content (AvgIpc) is 2.83. The summed E-state index contributed by atoms with van der Waals surface area (Å²) >= 11 is 0. The summed E-state index contributed by atoms with van der Waals surface area (Å²) in [6.45, 7) is 13.3. The number of hydrogen-bond donors (Lipinski definition) is 3. The Morgan fingerprint density at radius 1 is 1.11 bits per heavy atom. The zero-order valence-electron chi connectivity index (χ0n) is 22.6. The number of ether oxygens (including phenoxy) is 1. The van der Waals surface area contributed by atoms with Crippen molar-refractivity contribution in [3.05, 3.63) is 42.0 Å². The number of nitrogens with zero attached hydrogens (tertiary/aromatic N) is 1. The second-order valence-corrected chi connectivity index (χ2v) is 9.90. The third-order valence-corrected chi connectivity index (χ3v) is 5.56. The monoisotopic (exact) mass is 503 g/mol. The van der Waals surface area contributed by atoms with Crippen LogP contribution in [0.1, 0.15) is 90.3 Å². The van der Waals surface area contributed by atoms with Crippen LogP contribution in [0.25, 0.3) is 6.08 Å². The van der Waals surface area contributed by atoms with Gasteiger partial charge in [-0.2, -0.15) is 0 Å². The third kappa shape index (κ3) is 10.8. The van der Waals surface area contributed by atoms with Crippen molar-refractivity contribution in [2.45, 2.75) is 90.8 Å². The molecule has 1 rings (SSSR count). The van der Waals surface area contributed by atoms with Gasteiger partial charge in [0.15, 0.2) is 0 Å². The summed E-state index contributed by atoms with van der Waals surface area (Å²) in [4.78, 5) is 41.0. The van der Waals surface area contributed by atoms with Crippen LogP contribution in [0, 0.1) is 0 Å². The quantitative estimate of drug-likeness (QED) is 0.304. The van der Waals surface area contributed by atoms with Gasteiger partial charge in [-0.25, -0.2) is 4.79 Å². The van der Waals surface area contributed by atoms with Gasteiger partial charge in [-0.3, -0.25) is 9.59 Å². The second-order valence-electron chi connectivity index (χ2n) is 9.90. The summed E-state index contributed by atoms with van der Waals surface area (Å²) in [5.74, 6) is -0.844. The number of alkyl carbamates (subject to hydrolysis) is 1. The fourth-order valence-electron chi connectivity index (χ4n) is 3.75. The highest BCUT2D eigenvalue weighted by Gasteiger charge is 2.35. The van der Waals surface area contributed by atoms with E-state index in [2.05, 4.69) is 31.1 Å². The van der Waals surface area contributed by atoms with E-state index in [4.69, 9.17) is 4.74 Å². The smallest absolute Gasteiger partial charge is 0.408 e. The molecule has 0 aliphatic carbocycles. The fourth-order valence-corrected chi connectivity index (χ4v) is 3.75. The molecule has 2 atom stereocenters. The van der Waals surface area contributed by atoms with E-state index in [-0.39, 0.29) is 5.91 Å². The maximum Gasteiger partial charge on any atom is 0.408 e. The molecule has 8 nitrogen and oxygen atoms in total. The molecule has 0 saturated heterocycles. The average molecular weight is 504 g/mol. The minimum absolute atomic E-state index is 0.296. The molecule has 2 unspecified atom stereocenters. The number of carbonyl (C=O) groups excluding carboxylic acids is 3. The van der Waals surface area contributed by atoms with E-state index >= 15 is 0 Å². The van der Waals surface area contributed by atoms with Crippen LogP contribution < -0.4 is 10.6 Å². The number of unbranched alkanes of at least 4 members (excludes halogenated alkanes) is 4. The maximum atomic E-state index is 13.7. The molecular weight excluding hydrogens is 458 g/mol. The molecule has 0 saturated carbocycles. The van der Waals surface area contributed by atoms with Crippen LogP contribution in [0.4, 0.5) is 4.79 Å². The zero-order valence-corrected chi connectivity index (χ0v) is 22.6. The first-order valence-corrected chi connectivity index (χ1v) is 13.0. The normalized spacial score (nSPS) is 12.8. The van der Waals surface area contributed by atoms with Crippen LogP contribution in [-0.2, 0) is 14.3 Å². The Bertz CT molecular complexity index is 850. The lowest BCUT2D eigenvalue weighted by molar-refractivity contribution is -0.143. The molecule has 0 radical (unpaired) electrons. The van der Waals surface area contributed by atoms with Gasteiger partial charge in [-0.05, 0) is 50.8 Å². The molecule has 36 heavy (non-hydrogen) atoms. The molecule has 8 heteroatoms. The van der Waals surface area contributed by atoms with Crippen molar-refractivity contribution in [1.29, 1.82) is 0 Å². The Morgan fingerprint density at radius 3 is 2.36 bits per heavy atom. The van der Waals surface area contributed by atoms with E-state index < -0.39 is 36.3 Å². The molecular formula is C28H45N3O5. The third-order valence-electron chi connectivity index (χ3n) is 5.56. The molecule has 1 aromatic rings. The van der Waals surface area contributed by atoms with Gasteiger partial charge in [0.2, 0.25) is 11.8 Å². The fraction of sp³-hybridized carbons (Fsp3) is 0.607. The number of aliphatic hydroxyl groups excluding tert-OH is 1. The lowest BCUT2D eigenvalue weighted by Crippen LogP contribution is -2.54. The number of hydrogen-bond acceptors (Lipinski definition) is 5. The largest absolute Gasteiger partial charge is 0.444 e. The molecule has 0 fully saturated rings. The van der Waals surface area contributed by atoms with E-state index in [0.717, 1.165) is 37.7 Å². The van der Waals surface area contributed by atoms with Crippen molar-refractivity contribution in [2.75, 3.05) is 19.7 Å². The van der Waals surface area contributed by atoms with E-state index in [9.17, 15) is 19.5 Å². The summed E-state index contributed by atoms with van der Waals surface area (Å²) in [6.07, 6.45) is 6.20. The van der Waals surface area contributed by atoms with Crippen molar-refractivity contribution < 1.29 is 24.2 Å². The molecule has 0 aromatic heterocycles. The highest BCUT2D eigenvalue weighted by atomic mass is 16.6. The Morgan fingerprint density at radius 2 is 1.78 bits per heavy atom. The molecule has 0 heterocycles. The van der Waals surface area contributed by atoms with Gasteiger partial charge < -0.3 is 25.4 Å². The predicted molar refractivity (Wildman–Crippen MR) is 143 cm³/mol. The molecule has 3 amide bonds. The predicted octanol–water partition coefficient (Wildman–Crippen LogP) is 4.58. The molecule has 0 spiro atoms. The van der Waals surface area contributed by atoms with Crippen molar-refractivity contribution >= 4 is 24.0 Å². The Balaban J connectivity index is 3.36. The summed E-state index contributed by atoms with van der Waals surface area (Å²) in [5, 5.41) is 15.5. The SMILES string of the molecule is C=Cc1cccc(C(C(=O)NCCCCC)N(CCCCC)C(=O)C(CO)NC(=O)OC(C)(C)C)c1. The van der Waals surface area contributed by atoms with Gasteiger partial charge in [0.25, 0.3) is 0 Å². The van der Waals surface area contributed by atoms with Crippen LogP contribution in [-0.4, -0.2) is 59.3 Å². The number of carbonyl (C=O) groups is 3. The number of rotatable bonds is 15. The molecule has 202 valence electrons. The molecule has 1 aromatic carbocycles. The van der Waals surface area contributed by atoms with Crippen molar-refractivity contribution in [3.8, 4) is 0 Å². The Kier molecular flexibility index (Phi) is 13.8. The molecule has 0 aliphatic heterocycles. The van der Waals surface area contributed by atoms with Crippen LogP contribution >= 0.6 is 0 Å². The highest BCUT2D eigenvalue weighted by molar-refractivity contribution is 5.92. The van der Waals surface area contributed by atoms with Gasteiger partial charge >= 0.3 is 6.09 Å². The number of benzene rings is 1. The first kappa shape index (κ1) is 31.2. The lowest BCUT2D eigenvalue weighted by Gasteiger charge is -2.34. The number of nitrogens with one attached hydrogen (secondary N) is 2. The first-order chi connectivity index (χ1) is 17.1. The Hall–Kier alpha value is -2.87. The van der Waals surface area contributed by atoms with Gasteiger partial charge in [0.1, 0.15) is 17.7 Å². The van der Waals surface area contributed by atoms with E-state index in [1.165, 1.54) is 4.90 Å². The topological polar surface area (TPSA) is 108 Å². The van der Waals surface area contributed by atoms with Gasteiger partial charge in [0.05, 0.1) is 6.61 Å². The van der Waals surface area contributed by atoms with Crippen molar-refractivity contribution in [2.24, 2.45) is 0 Å². The van der Waals surface area contributed by atoms with Gasteiger partial charge in [-0.15, -0.1) is 0 Å². The molecule has 3 N–H and O–H groups in total. The minimum Gasteiger partial charge on any atom is -0.444 e. The lowest BCUT2D eigenvalue weighted by atomic mass is 10.00. The first-order valence-electron chi connectivity index (χ1n) is 13.0. The van der Waals surface area contributed by atoms with Crippen LogP contribution in [0.5, 0.6) is 0 Å². The summed E-state index contributed by atoms with van der Waals surface area (Å²) in [7, 11) is 0. The second kappa shape index (κ2) is 16.0. The van der Waals surface area contributed by atoms with Crippen LogP contribution in [0.3, 0.4) is 0 Å². The summed E-state index contributed by atoms with van der Waals surface area (Å²) < 4.78 is 5.28. The number of aliphatic hydroxyl groups is 1. The van der Waals surface area contributed by atoms with Crippen molar-refractivity contribution in [1.82, 2.24) is 15.5 Å². The molecule has 0 aliphatic rings.